The van der Waals surface area contributed by atoms with Gasteiger partial charge in [-0.3, -0.25) is 14.2 Å². The molecule has 2 aromatic heterocycles. The largest absolute Gasteiger partial charge is 0.508 e. The summed E-state index contributed by atoms with van der Waals surface area (Å²) in [4.78, 5) is 30.8. The van der Waals surface area contributed by atoms with Gasteiger partial charge in [0.05, 0.1) is 16.6 Å². The van der Waals surface area contributed by atoms with E-state index in [4.69, 9.17) is 0 Å². The van der Waals surface area contributed by atoms with E-state index in [9.17, 15) is 14.7 Å². The van der Waals surface area contributed by atoms with Crippen LogP contribution in [0.15, 0.2) is 35.4 Å². The highest BCUT2D eigenvalue weighted by atomic mass is 32.1. The Balaban J connectivity index is 1.74. The van der Waals surface area contributed by atoms with E-state index in [1.54, 1.807) is 30.0 Å². The predicted octanol–water partition coefficient (Wildman–Crippen LogP) is 3.24. The Hall–Kier alpha value is -2.67. The average molecular weight is 385 g/mol. The van der Waals surface area contributed by atoms with Gasteiger partial charge in [-0.25, -0.2) is 4.98 Å². The van der Waals surface area contributed by atoms with Crippen molar-refractivity contribution in [1.82, 2.24) is 14.9 Å². The number of amides is 1. The fourth-order valence-corrected chi connectivity index (χ4v) is 3.98. The summed E-state index contributed by atoms with van der Waals surface area (Å²) in [6.07, 6.45) is 4.16. The van der Waals surface area contributed by atoms with Crippen LogP contribution in [0.3, 0.4) is 0 Å². The maximum absolute atomic E-state index is 12.7. The monoisotopic (exact) mass is 385 g/mol. The lowest BCUT2D eigenvalue weighted by molar-refractivity contribution is 0.0957. The molecule has 142 valence electrons. The number of phenols is 1. The van der Waals surface area contributed by atoms with Crippen molar-refractivity contribution in [3.05, 3.63) is 57.0 Å². The van der Waals surface area contributed by atoms with E-state index >= 15 is 0 Å². The van der Waals surface area contributed by atoms with Crippen LogP contribution in [0.25, 0.3) is 10.2 Å². The molecule has 0 saturated carbocycles. The third kappa shape index (κ3) is 4.19. The number of fused-ring (bicyclic) bond motifs is 1. The lowest BCUT2D eigenvalue weighted by Crippen LogP contribution is -2.25. The number of phenolic OH excluding ortho intramolecular Hbond substituents is 1. The molecule has 27 heavy (non-hydrogen) atoms. The molecule has 1 aromatic carbocycles. The lowest BCUT2D eigenvalue weighted by atomic mass is 10.1. The standard InChI is InChI=1S/C20H23N3O3S/c1-3-4-11-23-12-22-19-16(20(23)26)13(2)17(27-19)18(25)21-10-9-14-5-7-15(24)8-6-14/h5-8,12,24H,3-4,9-11H2,1-2H3,(H,21,25). The molecule has 2 heterocycles. The lowest BCUT2D eigenvalue weighted by Gasteiger charge is -2.05. The number of aryl methyl sites for hydroxylation is 2. The normalized spacial score (nSPS) is 11.0. The summed E-state index contributed by atoms with van der Waals surface area (Å²) in [5, 5.41) is 12.8. The number of carbonyl (C=O) groups is 1. The highest BCUT2D eigenvalue weighted by molar-refractivity contribution is 7.20. The second kappa shape index (κ2) is 8.35. The van der Waals surface area contributed by atoms with E-state index in [1.807, 2.05) is 12.1 Å². The van der Waals surface area contributed by atoms with Gasteiger partial charge >= 0.3 is 0 Å². The first kappa shape index (κ1) is 19.1. The molecule has 0 atom stereocenters. The van der Waals surface area contributed by atoms with Gasteiger partial charge in [-0.2, -0.15) is 0 Å². The molecule has 0 spiro atoms. The summed E-state index contributed by atoms with van der Waals surface area (Å²) in [5.41, 5.74) is 1.65. The van der Waals surface area contributed by atoms with Crippen LogP contribution in [0.1, 0.15) is 40.6 Å². The summed E-state index contributed by atoms with van der Waals surface area (Å²) in [6, 6.07) is 6.91. The molecular formula is C20H23N3O3S. The van der Waals surface area contributed by atoms with Gasteiger partial charge in [0.2, 0.25) is 0 Å². The number of aromatic hydroxyl groups is 1. The van der Waals surface area contributed by atoms with Crippen LogP contribution in [0, 0.1) is 6.92 Å². The van der Waals surface area contributed by atoms with Gasteiger partial charge in [-0.15, -0.1) is 11.3 Å². The van der Waals surface area contributed by atoms with Crippen LogP contribution in [-0.2, 0) is 13.0 Å². The van der Waals surface area contributed by atoms with Crippen molar-refractivity contribution < 1.29 is 9.90 Å². The number of thiophene rings is 1. The maximum atomic E-state index is 12.7. The highest BCUT2D eigenvalue weighted by Crippen LogP contribution is 2.26. The van der Waals surface area contributed by atoms with Crippen LogP contribution < -0.4 is 10.9 Å². The Labute approximate surface area is 161 Å². The van der Waals surface area contributed by atoms with Crippen LogP contribution in [0.5, 0.6) is 5.75 Å². The fraction of sp³-hybridized carbons (Fsp3) is 0.350. The van der Waals surface area contributed by atoms with Crippen molar-refractivity contribution in [2.24, 2.45) is 0 Å². The molecule has 1 amide bonds. The van der Waals surface area contributed by atoms with Crippen molar-refractivity contribution in [2.75, 3.05) is 6.54 Å². The Morgan fingerprint density at radius 1 is 1.30 bits per heavy atom. The molecule has 0 fully saturated rings. The van der Waals surface area contributed by atoms with Crippen molar-refractivity contribution in [2.45, 2.75) is 39.7 Å². The van der Waals surface area contributed by atoms with Gasteiger partial charge < -0.3 is 10.4 Å². The van der Waals surface area contributed by atoms with Gasteiger partial charge in [0.1, 0.15) is 10.6 Å². The Bertz CT molecular complexity index is 1010. The van der Waals surface area contributed by atoms with Crippen LogP contribution in [0.4, 0.5) is 0 Å². The van der Waals surface area contributed by atoms with E-state index in [0.29, 0.717) is 40.2 Å². The molecule has 0 radical (unpaired) electrons. The van der Waals surface area contributed by atoms with Crippen molar-refractivity contribution in [1.29, 1.82) is 0 Å². The number of hydrogen-bond donors (Lipinski definition) is 2. The molecule has 3 rings (SSSR count). The smallest absolute Gasteiger partial charge is 0.262 e. The zero-order valence-electron chi connectivity index (χ0n) is 15.5. The molecule has 6 nitrogen and oxygen atoms in total. The topological polar surface area (TPSA) is 84.2 Å². The molecule has 3 aromatic rings. The summed E-state index contributed by atoms with van der Waals surface area (Å²) < 4.78 is 1.62. The summed E-state index contributed by atoms with van der Waals surface area (Å²) in [6.45, 7) is 5.00. The fourth-order valence-electron chi connectivity index (χ4n) is 2.93. The van der Waals surface area contributed by atoms with Crippen molar-refractivity contribution in [3.8, 4) is 5.75 Å². The van der Waals surface area contributed by atoms with Gasteiger partial charge in [-0.05, 0) is 43.0 Å². The Kier molecular flexibility index (Phi) is 5.91. The molecule has 0 unspecified atom stereocenters. The quantitative estimate of drug-likeness (QED) is 0.654. The van der Waals surface area contributed by atoms with Crippen LogP contribution in [-0.4, -0.2) is 27.1 Å². The molecule has 0 aliphatic heterocycles. The first-order valence-electron chi connectivity index (χ1n) is 9.06. The third-order valence-corrected chi connectivity index (χ3v) is 5.71. The van der Waals surface area contributed by atoms with E-state index in [1.165, 1.54) is 11.3 Å². The van der Waals surface area contributed by atoms with E-state index < -0.39 is 0 Å². The summed E-state index contributed by atoms with van der Waals surface area (Å²) >= 11 is 1.26. The van der Waals surface area contributed by atoms with Gasteiger partial charge in [0, 0.05) is 13.1 Å². The zero-order chi connectivity index (χ0) is 19.4. The molecular weight excluding hydrogens is 362 g/mol. The Morgan fingerprint density at radius 3 is 2.74 bits per heavy atom. The minimum absolute atomic E-state index is 0.0784. The number of unbranched alkanes of at least 4 members (excludes halogenated alkanes) is 1. The van der Waals surface area contributed by atoms with E-state index in [-0.39, 0.29) is 17.2 Å². The van der Waals surface area contributed by atoms with Crippen molar-refractivity contribution >= 4 is 27.5 Å². The number of nitrogens with one attached hydrogen (secondary N) is 1. The van der Waals surface area contributed by atoms with E-state index in [0.717, 1.165) is 18.4 Å². The maximum Gasteiger partial charge on any atom is 0.262 e. The Morgan fingerprint density at radius 2 is 2.04 bits per heavy atom. The number of rotatable bonds is 7. The molecule has 0 saturated heterocycles. The number of hydrogen-bond acceptors (Lipinski definition) is 5. The minimum atomic E-state index is -0.186. The first-order valence-corrected chi connectivity index (χ1v) is 9.87. The number of nitrogens with zero attached hydrogens (tertiary/aromatic N) is 2. The number of aromatic nitrogens is 2. The predicted molar refractivity (Wildman–Crippen MR) is 108 cm³/mol. The second-order valence-electron chi connectivity index (χ2n) is 6.51. The van der Waals surface area contributed by atoms with E-state index in [2.05, 4.69) is 17.2 Å². The molecule has 0 aliphatic rings. The summed E-state index contributed by atoms with van der Waals surface area (Å²) in [5.74, 6) is 0.0366. The number of carbonyl (C=O) groups excluding carboxylic acids is 1. The number of benzene rings is 1. The van der Waals surface area contributed by atoms with Crippen molar-refractivity contribution in [3.63, 3.8) is 0 Å². The van der Waals surface area contributed by atoms with Gasteiger partial charge in [0.15, 0.2) is 0 Å². The van der Waals surface area contributed by atoms with Crippen LogP contribution >= 0.6 is 11.3 Å². The SMILES string of the molecule is CCCCn1cnc2sc(C(=O)NCCc3ccc(O)cc3)c(C)c2c1=O. The highest BCUT2D eigenvalue weighted by Gasteiger charge is 2.19. The second-order valence-corrected chi connectivity index (χ2v) is 7.50. The molecule has 7 heteroatoms. The molecule has 0 aliphatic carbocycles. The first-order chi connectivity index (χ1) is 13.0. The zero-order valence-corrected chi connectivity index (χ0v) is 16.3. The average Bonchev–Trinajstić information content (AvgIpc) is 3.00. The molecule has 0 bridgehead atoms. The summed E-state index contributed by atoms with van der Waals surface area (Å²) in [7, 11) is 0. The van der Waals surface area contributed by atoms with Gasteiger partial charge in [0.25, 0.3) is 11.5 Å². The third-order valence-electron chi connectivity index (χ3n) is 4.51. The van der Waals surface area contributed by atoms with Gasteiger partial charge in [-0.1, -0.05) is 25.5 Å². The minimum Gasteiger partial charge on any atom is -0.508 e. The van der Waals surface area contributed by atoms with Crippen LogP contribution in [0.2, 0.25) is 0 Å². The molecule has 2 N–H and O–H groups in total.